The Labute approximate surface area is 170 Å². The predicted octanol–water partition coefficient (Wildman–Crippen LogP) is 1.76. The SMILES string of the molecule is Cc1cc(C)n(-c2cc(NCCNS(=O)(=O)c3cn(C(C)C)cn3)nc(C)n2)n1. The zero-order chi connectivity index (χ0) is 21.2. The molecule has 0 fully saturated rings. The smallest absolute Gasteiger partial charge is 0.259 e. The van der Waals surface area contributed by atoms with E-state index in [4.69, 9.17) is 0 Å². The summed E-state index contributed by atoms with van der Waals surface area (Å²) in [4.78, 5) is 12.8. The van der Waals surface area contributed by atoms with Crippen LogP contribution in [-0.2, 0) is 10.0 Å². The molecule has 29 heavy (non-hydrogen) atoms. The van der Waals surface area contributed by atoms with Gasteiger partial charge in [-0.25, -0.2) is 32.8 Å². The molecule has 0 amide bonds. The molecule has 0 aromatic carbocycles. The zero-order valence-electron chi connectivity index (χ0n) is 17.2. The van der Waals surface area contributed by atoms with Crippen LogP contribution in [0.2, 0.25) is 0 Å². The van der Waals surface area contributed by atoms with Gasteiger partial charge in [0.1, 0.15) is 11.6 Å². The van der Waals surface area contributed by atoms with Crippen LogP contribution >= 0.6 is 0 Å². The van der Waals surface area contributed by atoms with E-state index in [1.54, 1.807) is 22.2 Å². The topological polar surface area (TPSA) is 120 Å². The van der Waals surface area contributed by atoms with Crippen molar-refractivity contribution in [3.63, 3.8) is 0 Å². The molecule has 0 unspecified atom stereocenters. The fourth-order valence-electron chi connectivity index (χ4n) is 2.80. The van der Waals surface area contributed by atoms with Crippen LogP contribution in [-0.4, -0.2) is 50.8 Å². The van der Waals surface area contributed by atoms with E-state index < -0.39 is 10.0 Å². The van der Waals surface area contributed by atoms with Crippen LogP contribution in [0, 0.1) is 20.8 Å². The highest BCUT2D eigenvalue weighted by Gasteiger charge is 2.17. The maximum absolute atomic E-state index is 12.4. The molecule has 0 aliphatic rings. The van der Waals surface area contributed by atoms with Gasteiger partial charge in [-0.3, -0.25) is 0 Å². The molecule has 0 atom stereocenters. The van der Waals surface area contributed by atoms with Crippen molar-refractivity contribution in [2.45, 2.75) is 45.7 Å². The molecule has 0 spiro atoms. The Hall–Kier alpha value is -2.79. The highest BCUT2D eigenvalue weighted by Crippen LogP contribution is 2.14. The number of aryl methyl sites for hydroxylation is 3. The molecule has 3 aromatic heterocycles. The van der Waals surface area contributed by atoms with Gasteiger partial charge in [0.15, 0.2) is 10.8 Å². The molecule has 3 aromatic rings. The van der Waals surface area contributed by atoms with Gasteiger partial charge in [-0.2, -0.15) is 5.10 Å². The Bertz CT molecular complexity index is 1100. The summed E-state index contributed by atoms with van der Waals surface area (Å²) in [5.41, 5.74) is 1.88. The zero-order valence-corrected chi connectivity index (χ0v) is 18.0. The van der Waals surface area contributed by atoms with Gasteiger partial charge >= 0.3 is 0 Å². The number of aromatic nitrogens is 6. The van der Waals surface area contributed by atoms with Crippen molar-refractivity contribution in [3.8, 4) is 5.82 Å². The van der Waals surface area contributed by atoms with Crippen LogP contribution in [0.15, 0.2) is 29.7 Å². The summed E-state index contributed by atoms with van der Waals surface area (Å²) < 4.78 is 30.8. The Morgan fingerprint density at radius 3 is 2.48 bits per heavy atom. The molecular formula is C18H26N8O2S. The lowest BCUT2D eigenvalue weighted by atomic mass is 10.4. The van der Waals surface area contributed by atoms with Crippen LogP contribution in [0.3, 0.4) is 0 Å². The van der Waals surface area contributed by atoms with Crippen LogP contribution in [0.5, 0.6) is 0 Å². The van der Waals surface area contributed by atoms with E-state index in [0.717, 1.165) is 11.4 Å². The van der Waals surface area contributed by atoms with Crippen molar-refractivity contribution in [3.05, 3.63) is 41.9 Å². The van der Waals surface area contributed by atoms with Gasteiger partial charge in [-0.05, 0) is 40.7 Å². The Morgan fingerprint density at radius 2 is 1.86 bits per heavy atom. The number of hydrogen-bond acceptors (Lipinski definition) is 7. The predicted molar refractivity (Wildman–Crippen MR) is 110 cm³/mol. The van der Waals surface area contributed by atoms with E-state index in [1.807, 2.05) is 33.8 Å². The average Bonchev–Trinajstić information content (AvgIpc) is 3.25. The Morgan fingerprint density at radius 1 is 1.10 bits per heavy atom. The Kier molecular flexibility index (Phi) is 5.99. The lowest BCUT2D eigenvalue weighted by Gasteiger charge is -2.10. The van der Waals surface area contributed by atoms with Crippen molar-refractivity contribution in [2.24, 2.45) is 0 Å². The van der Waals surface area contributed by atoms with Crippen LogP contribution in [0.1, 0.15) is 37.1 Å². The number of rotatable bonds is 8. The average molecular weight is 419 g/mol. The number of hydrogen-bond donors (Lipinski definition) is 2. The summed E-state index contributed by atoms with van der Waals surface area (Å²) in [6.45, 7) is 10.1. The molecule has 0 aliphatic heterocycles. The van der Waals surface area contributed by atoms with Crippen molar-refractivity contribution >= 4 is 15.8 Å². The molecule has 0 radical (unpaired) electrons. The minimum Gasteiger partial charge on any atom is -0.369 e. The normalized spacial score (nSPS) is 11.9. The molecule has 10 nitrogen and oxygen atoms in total. The van der Waals surface area contributed by atoms with Crippen molar-refractivity contribution in [1.29, 1.82) is 0 Å². The maximum atomic E-state index is 12.4. The molecule has 3 rings (SSSR count). The third-order valence-corrected chi connectivity index (χ3v) is 5.57. The van der Waals surface area contributed by atoms with Crippen LogP contribution in [0.25, 0.3) is 5.82 Å². The molecule has 2 N–H and O–H groups in total. The van der Waals surface area contributed by atoms with Gasteiger partial charge < -0.3 is 9.88 Å². The van der Waals surface area contributed by atoms with Crippen molar-refractivity contribution in [2.75, 3.05) is 18.4 Å². The second-order valence-electron chi connectivity index (χ2n) is 7.07. The molecule has 0 bridgehead atoms. The second kappa shape index (κ2) is 8.29. The first-order valence-corrected chi connectivity index (χ1v) is 10.8. The number of sulfonamides is 1. The maximum Gasteiger partial charge on any atom is 0.259 e. The third kappa shape index (κ3) is 4.98. The van der Waals surface area contributed by atoms with Crippen LogP contribution < -0.4 is 10.0 Å². The summed E-state index contributed by atoms with van der Waals surface area (Å²) in [5.74, 6) is 1.85. The third-order valence-electron chi connectivity index (χ3n) is 4.22. The van der Waals surface area contributed by atoms with E-state index in [0.29, 0.717) is 24.0 Å². The van der Waals surface area contributed by atoms with Gasteiger partial charge in [-0.15, -0.1) is 0 Å². The molecule has 3 heterocycles. The second-order valence-corrected chi connectivity index (χ2v) is 8.79. The van der Waals surface area contributed by atoms with Crippen molar-refractivity contribution in [1.82, 2.24) is 34.0 Å². The number of nitrogens with one attached hydrogen (secondary N) is 2. The quantitative estimate of drug-likeness (QED) is 0.535. The number of anilines is 1. The number of imidazole rings is 1. The standard InChI is InChI=1S/C18H26N8O2S/c1-12(2)25-10-18(20-11-25)29(27,28)21-7-6-19-16-9-17(23-15(5)22-16)26-14(4)8-13(3)24-26/h8-12,21H,6-7H2,1-5H3,(H,19,22,23). The molecule has 156 valence electrons. The van der Waals surface area contributed by atoms with E-state index in [-0.39, 0.29) is 17.6 Å². The van der Waals surface area contributed by atoms with Gasteiger partial charge in [0, 0.05) is 37.1 Å². The van der Waals surface area contributed by atoms with Gasteiger partial charge in [-0.1, -0.05) is 0 Å². The van der Waals surface area contributed by atoms with Gasteiger partial charge in [0.25, 0.3) is 10.0 Å². The highest BCUT2D eigenvalue weighted by atomic mass is 32.2. The minimum absolute atomic E-state index is 0.0101. The molecule has 11 heteroatoms. The fraction of sp³-hybridized carbons (Fsp3) is 0.444. The monoisotopic (exact) mass is 418 g/mol. The summed E-state index contributed by atoms with van der Waals surface area (Å²) in [6, 6.07) is 3.90. The molecule has 0 saturated carbocycles. The van der Waals surface area contributed by atoms with E-state index in [9.17, 15) is 8.42 Å². The number of nitrogens with zero attached hydrogens (tertiary/aromatic N) is 6. The van der Waals surface area contributed by atoms with Crippen LogP contribution in [0.4, 0.5) is 5.82 Å². The summed E-state index contributed by atoms with van der Waals surface area (Å²) >= 11 is 0. The molecule has 0 saturated heterocycles. The summed E-state index contributed by atoms with van der Waals surface area (Å²) in [6.07, 6.45) is 3.04. The minimum atomic E-state index is -3.66. The largest absolute Gasteiger partial charge is 0.369 e. The molecule has 0 aliphatic carbocycles. The summed E-state index contributed by atoms with van der Waals surface area (Å²) in [7, 11) is -3.66. The van der Waals surface area contributed by atoms with Gasteiger partial charge in [0.05, 0.1) is 12.0 Å². The first-order chi connectivity index (χ1) is 13.7. The van der Waals surface area contributed by atoms with E-state index in [2.05, 4.69) is 30.1 Å². The Balaban J connectivity index is 1.62. The van der Waals surface area contributed by atoms with Gasteiger partial charge in [0.2, 0.25) is 0 Å². The lowest BCUT2D eigenvalue weighted by Crippen LogP contribution is -2.29. The lowest BCUT2D eigenvalue weighted by molar-refractivity contribution is 0.577. The van der Waals surface area contributed by atoms with E-state index in [1.165, 1.54) is 12.5 Å². The summed E-state index contributed by atoms with van der Waals surface area (Å²) in [5, 5.41) is 7.57. The highest BCUT2D eigenvalue weighted by molar-refractivity contribution is 7.89. The van der Waals surface area contributed by atoms with Crippen molar-refractivity contribution < 1.29 is 8.42 Å². The van der Waals surface area contributed by atoms with E-state index >= 15 is 0 Å². The molecular weight excluding hydrogens is 392 g/mol. The first kappa shape index (κ1) is 20.9. The first-order valence-electron chi connectivity index (χ1n) is 9.32. The fourth-order valence-corrected chi connectivity index (χ4v) is 3.77.